The van der Waals surface area contributed by atoms with E-state index in [2.05, 4.69) is 40.3 Å². The fourth-order valence-electron chi connectivity index (χ4n) is 2.53. The minimum Gasteiger partial charge on any atom is -0.397 e. The summed E-state index contributed by atoms with van der Waals surface area (Å²) in [5.74, 6) is 0. The lowest BCUT2D eigenvalue weighted by atomic mass is 9.97. The van der Waals surface area contributed by atoms with Crippen LogP contribution in [0.5, 0.6) is 0 Å². The average molecular weight is 359 g/mol. The highest BCUT2D eigenvalue weighted by Gasteiger charge is 2.11. The minimum absolute atomic E-state index is 0.623. The Hall–Kier alpha value is -3.60. The third kappa shape index (κ3) is 5.19. The van der Waals surface area contributed by atoms with Gasteiger partial charge >= 0.3 is 0 Å². The van der Waals surface area contributed by atoms with Gasteiger partial charge in [0.05, 0.1) is 5.69 Å². The van der Waals surface area contributed by atoms with E-state index >= 15 is 0 Å². The molecule has 0 saturated heterocycles. The molecule has 5 nitrogen and oxygen atoms in total. The van der Waals surface area contributed by atoms with Crippen molar-refractivity contribution in [3.8, 4) is 11.1 Å². The number of aliphatic imine (C=N–C) groups is 1. The molecule has 0 radical (unpaired) electrons. The fraction of sp³-hybridized carbons (Fsp3) is 0.0909. The van der Waals surface area contributed by atoms with Crippen molar-refractivity contribution in [2.24, 2.45) is 4.99 Å². The zero-order chi connectivity index (χ0) is 19.8. The Balaban J connectivity index is 2.32. The first kappa shape index (κ1) is 19.7. The Kier molecular flexibility index (Phi) is 6.72. The second kappa shape index (κ2) is 9.20. The van der Waals surface area contributed by atoms with E-state index in [0.717, 1.165) is 33.6 Å². The van der Waals surface area contributed by atoms with Crippen LogP contribution in [0.3, 0.4) is 0 Å². The van der Waals surface area contributed by atoms with Crippen LogP contribution < -0.4 is 16.4 Å². The number of rotatable bonds is 8. The Morgan fingerprint density at radius 1 is 1.19 bits per heavy atom. The molecule has 1 aromatic heterocycles. The number of nitrogen functional groups attached to an aromatic ring is 1. The molecule has 0 aliphatic heterocycles. The van der Waals surface area contributed by atoms with Crippen molar-refractivity contribution in [1.29, 1.82) is 0 Å². The van der Waals surface area contributed by atoms with E-state index in [1.54, 1.807) is 30.9 Å². The highest BCUT2D eigenvalue weighted by molar-refractivity contribution is 5.86. The van der Waals surface area contributed by atoms with E-state index in [1.807, 2.05) is 38.2 Å². The summed E-state index contributed by atoms with van der Waals surface area (Å²) in [6, 6.07) is 7.96. The predicted molar refractivity (Wildman–Crippen MR) is 117 cm³/mol. The van der Waals surface area contributed by atoms with Gasteiger partial charge in [0.25, 0.3) is 0 Å². The minimum atomic E-state index is 0.623. The third-order valence-corrected chi connectivity index (χ3v) is 3.88. The number of aromatic nitrogens is 1. The van der Waals surface area contributed by atoms with Crippen molar-refractivity contribution in [2.45, 2.75) is 6.92 Å². The zero-order valence-corrected chi connectivity index (χ0v) is 15.8. The summed E-state index contributed by atoms with van der Waals surface area (Å²) in [6.07, 6.45) is 8.35. The van der Waals surface area contributed by atoms with Crippen LogP contribution in [-0.4, -0.2) is 18.2 Å². The summed E-state index contributed by atoms with van der Waals surface area (Å²) in [6.45, 7) is 13.8. The number of allylic oxidation sites excluding steroid dienone is 3. The molecule has 0 atom stereocenters. The van der Waals surface area contributed by atoms with Crippen molar-refractivity contribution < 1.29 is 0 Å². The van der Waals surface area contributed by atoms with E-state index in [-0.39, 0.29) is 0 Å². The van der Waals surface area contributed by atoms with Gasteiger partial charge in [-0.3, -0.25) is 9.98 Å². The van der Waals surface area contributed by atoms with E-state index < -0.39 is 0 Å². The molecule has 0 bridgehead atoms. The SMILES string of the molecule is C=CC=N/C=C(\C)NC(=C)C(=C)c1cc(-c2cncc(N)c2)ccc1NC. The smallest absolute Gasteiger partial charge is 0.0506 e. The van der Waals surface area contributed by atoms with E-state index in [1.165, 1.54) is 0 Å². The number of hydrogen-bond acceptors (Lipinski definition) is 5. The molecule has 0 aliphatic carbocycles. The largest absolute Gasteiger partial charge is 0.397 e. The lowest BCUT2D eigenvalue weighted by Gasteiger charge is -2.17. The molecule has 0 aliphatic rings. The van der Waals surface area contributed by atoms with Crippen LogP contribution in [0.2, 0.25) is 0 Å². The second-order valence-electron chi connectivity index (χ2n) is 5.95. The van der Waals surface area contributed by atoms with Gasteiger partial charge in [-0.15, -0.1) is 0 Å². The molecular weight excluding hydrogens is 334 g/mol. The topological polar surface area (TPSA) is 75.3 Å². The first-order chi connectivity index (χ1) is 13.0. The summed E-state index contributed by atoms with van der Waals surface area (Å²) >= 11 is 0. The van der Waals surface area contributed by atoms with Crippen molar-refractivity contribution >= 4 is 23.2 Å². The van der Waals surface area contributed by atoms with E-state index in [9.17, 15) is 0 Å². The Labute approximate surface area is 160 Å². The molecule has 5 heteroatoms. The summed E-state index contributed by atoms with van der Waals surface area (Å²) in [4.78, 5) is 8.27. The van der Waals surface area contributed by atoms with Gasteiger partial charge in [0, 0.05) is 60.1 Å². The summed E-state index contributed by atoms with van der Waals surface area (Å²) < 4.78 is 0. The average Bonchev–Trinajstić information content (AvgIpc) is 2.67. The van der Waals surface area contributed by atoms with Crippen molar-refractivity contribution in [2.75, 3.05) is 18.1 Å². The fourth-order valence-corrected chi connectivity index (χ4v) is 2.53. The number of nitrogens with one attached hydrogen (secondary N) is 2. The number of pyridine rings is 1. The van der Waals surface area contributed by atoms with Gasteiger partial charge in [0.15, 0.2) is 0 Å². The lowest BCUT2D eigenvalue weighted by Crippen LogP contribution is -2.11. The van der Waals surface area contributed by atoms with Crippen LogP contribution in [0.15, 0.2) is 85.1 Å². The summed E-state index contributed by atoms with van der Waals surface area (Å²) in [7, 11) is 1.87. The first-order valence-electron chi connectivity index (χ1n) is 8.45. The molecule has 2 rings (SSSR count). The molecule has 0 fully saturated rings. The highest BCUT2D eigenvalue weighted by Crippen LogP contribution is 2.31. The van der Waals surface area contributed by atoms with Gasteiger partial charge < -0.3 is 16.4 Å². The molecule has 0 saturated carbocycles. The molecule has 0 amide bonds. The number of nitrogens with zero attached hydrogens (tertiary/aromatic N) is 2. The Morgan fingerprint density at radius 3 is 2.63 bits per heavy atom. The maximum atomic E-state index is 5.86. The van der Waals surface area contributed by atoms with Crippen LogP contribution in [0.4, 0.5) is 11.4 Å². The molecule has 138 valence electrons. The van der Waals surface area contributed by atoms with Gasteiger partial charge in [0.2, 0.25) is 0 Å². The second-order valence-corrected chi connectivity index (χ2v) is 5.95. The van der Waals surface area contributed by atoms with Crippen molar-refractivity contribution in [3.05, 3.63) is 85.6 Å². The Morgan fingerprint density at radius 2 is 1.96 bits per heavy atom. The van der Waals surface area contributed by atoms with Gasteiger partial charge in [0.1, 0.15) is 0 Å². The molecule has 1 heterocycles. The number of anilines is 2. The van der Waals surface area contributed by atoms with Gasteiger partial charge in [-0.05, 0) is 36.3 Å². The maximum absolute atomic E-state index is 5.86. The van der Waals surface area contributed by atoms with E-state index in [4.69, 9.17) is 5.73 Å². The van der Waals surface area contributed by atoms with E-state index in [0.29, 0.717) is 11.4 Å². The number of benzene rings is 1. The van der Waals surface area contributed by atoms with Crippen LogP contribution >= 0.6 is 0 Å². The highest BCUT2D eigenvalue weighted by atomic mass is 14.9. The van der Waals surface area contributed by atoms with Gasteiger partial charge in [-0.1, -0.05) is 31.9 Å². The normalized spacial score (nSPS) is 11.3. The van der Waals surface area contributed by atoms with Crippen molar-refractivity contribution in [3.63, 3.8) is 0 Å². The number of hydrogen-bond donors (Lipinski definition) is 3. The quantitative estimate of drug-likeness (QED) is 0.475. The van der Waals surface area contributed by atoms with Gasteiger partial charge in [-0.2, -0.15) is 0 Å². The summed E-state index contributed by atoms with van der Waals surface area (Å²) in [5, 5.41) is 6.41. The van der Waals surface area contributed by atoms with Crippen LogP contribution in [0, 0.1) is 0 Å². The summed E-state index contributed by atoms with van der Waals surface area (Å²) in [5.41, 5.74) is 12.6. The van der Waals surface area contributed by atoms with Crippen molar-refractivity contribution in [1.82, 2.24) is 10.3 Å². The predicted octanol–water partition coefficient (Wildman–Crippen LogP) is 4.61. The van der Waals surface area contributed by atoms with Gasteiger partial charge in [-0.25, -0.2) is 0 Å². The van der Waals surface area contributed by atoms with Crippen LogP contribution in [-0.2, 0) is 0 Å². The molecule has 2 aromatic rings. The third-order valence-electron chi connectivity index (χ3n) is 3.88. The van der Waals surface area contributed by atoms with Crippen LogP contribution in [0.25, 0.3) is 16.7 Å². The molecule has 1 aromatic carbocycles. The lowest BCUT2D eigenvalue weighted by molar-refractivity contribution is 1.01. The zero-order valence-electron chi connectivity index (χ0n) is 15.8. The molecule has 4 N–H and O–H groups in total. The Bertz CT molecular complexity index is 922. The maximum Gasteiger partial charge on any atom is 0.0506 e. The van der Waals surface area contributed by atoms with Crippen LogP contribution in [0.1, 0.15) is 12.5 Å². The molecule has 0 unspecified atom stereocenters. The first-order valence-corrected chi connectivity index (χ1v) is 8.45. The molecular formula is C22H25N5. The monoisotopic (exact) mass is 359 g/mol. The molecule has 0 spiro atoms. The standard InChI is InChI=1S/C22H25N5/c1-6-9-25-12-15(2)27-17(4)16(3)21-11-18(7-8-22(21)24-5)19-10-20(23)14-26-13-19/h6-14,24,27H,1,3-4,23H2,2,5H3/b15-12+,25-9?. The molecule has 27 heavy (non-hydrogen) atoms. The number of nitrogens with two attached hydrogens (primary N) is 1.